The molecule has 0 aliphatic rings. The van der Waals surface area contributed by atoms with Crippen molar-refractivity contribution in [2.24, 2.45) is 5.41 Å². The zero-order chi connectivity index (χ0) is 35.2. The Morgan fingerprint density at radius 1 is 0.460 bits per heavy atom. The molecule has 0 N–H and O–H groups in total. The van der Waals surface area contributed by atoms with E-state index in [1.807, 2.05) is 97.1 Å². The van der Waals surface area contributed by atoms with Crippen molar-refractivity contribution in [2.45, 2.75) is 33.2 Å². The van der Waals surface area contributed by atoms with Crippen LogP contribution in [0.4, 0.5) is 0 Å². The van der Waals surface area contributed by atoms with Crippen LogP contribution in [0.25, 0.3) is 10.6 Å². The first kappa shape index (κ1) is 42.3. The van der Waals surface area contributed by atoms with Crippen molar-refractivity contribution in [1.82, 2.24) is 0 Å². The van der Waals surface area contributed by atoms with E-state index in [1.54, 1.807) is 0 Å². The van der Waals surface area contributed by atoms with Gasteiger partial charge in [-0.3, -0.25) is 0 Å². The normalized spacial score (nSPS) is 10.8. The van der Waals surface area contributed by atoms with E-state index in [1.165, 1.54) is 16.2 Å². The molecule has 0 heterocycles. The molecule has 2 nitrogen and oxygen atoms in total. The number of hydrogen-bond acceptors (Lipinski definition) is 0. The predicted molar refractivity (Wildman–Crippen MR) is 217 cm³/mol. The summed E-state index contributed by atoms with van der Waals surface area (Å²) < 4.78 is 0. The fourth-order valence-electron chi connectivity index (χ4n) is 4.37. The number of benzene rings is 6. The van der Waals surface area contributed by atoms with Crippen LogP contribution in [0.15, 0.2) is 182 Å². The van der Waals surface area contributed by atoms with Gasteiger partial charge in [-0.15, -0.1) is 49.5 Å². The Morgan fingerprint density at radius 2 is 0.760 bits per heavy atom. The van der Waals surface area contributed by atoms with E-state index in [2.05, 4.69) is 126 Å². The molecule has 0 amide bonds. The summed E-state index contributed by atoms with van der Waals surface area (Å²) in [5.41, 5.74) is 4.59. The van der Waals surface area contributed by atoms with Crippen LogP contribution < -0.4 is 10.6 Å². The van der Waals surface area contributed by atoms with Crippen LogP contribution in [0.5, 0.6) is 0 Å². The molecule has 0 aromatic heterocycles. The number of hydrogen-bond donors (Lipinski definition) is 0. The second-order valence-corrected chi connectivity index (χ2v) is 14.8. The SMILES string of the molecule is CC(C)(C)C[N-]C([N-]Cc1ccccc1)P(c1ccccc1)c1ccccc1.[CH2-]c1ccccc1.[CH2-]c1ccccc1.[CH2-]c1ccccc1.[Hf]. The van der Waals surface area contributed by atoms with Gasteiger partial charge in [-0.2, -0.15) is 73.9 Å². The molecular weight excluding hydrogens is 790 g/mol. The van der Waals surface area contributed by atoms with Crippen LogP contribution in [0.2, 0.25) is 0 Å². The van der Waals surface area contributed by atoms with Gasteiger partial charge in [0.25, 0.3) is 0 Å². The molecule has 0 aliphatic heterocycles. The molecule has 0 saturated heterocycles. The Kier molecular flexibility index (Phi) is 20.6. The quantitative estimate of drug-likeness (QED) is 0.0830. The molecule has 6 rings (SSSR count). The van der Waals surface area contributed by atoms with E-state index >= 15 is 0 Å². The molecule has 50 heavy (non-hydrogen) atoms. The molecule has 0 aliphatic carbocycles. The molecule has 258 valence electrons. The number of rotatable bonds is 8. The van der Waals surface area contributed by atoms with Gasteiger partial charge in [-0.1, -0.05) is 149 Å². The molecule has 6 aromatic carbocycles. The summed E-state index contributed by atoms with van der Waals surface area (Å²) in [4.78, 5) is 0. The van der Waals surface area contributed by atoms with Gasteiger partial charge in [0.2, 0.25) is 0 Å². The Bertz CT molecular complexity index is 1520. The maximum atomic E-state index is 5.13. The molecule has 1 unspecified atom stereocenters. The molecule has 6 aromatic rings. The second kappa shape index (κ2) is 24.3. The molecular formula is C46H50HfN2P-5. The maximum Gasteiger partial charge on any atom is 0 e. The van der Waals surface area contributed by atoms with Gasteiger partial charge in [0.15, 0.2) is 0 Å². The first-order valence-electron chi connectivity index (χ1n) is 16.6. The zero-order valence-electron chi connectivity index (χ0n) is 29.8. The van der Waals surface area contributed by atoms with E-state index in [4.69, 9.17) is 10.6 Å². The smallest absolute Gasteiger partial charge is 0 e. The molecule has 0 fully saturated rings. The van der Waals surface area contributed by atoms with Gasteiger partial charge in [0.05, 0.1) is 0 Å². The third-order valence-corrected chi connectivity index (χ3v) is 9.33. The van der Waals surface area contributed by atoms with Crippen molar-refractivity contribution in [1.29, 1.82) is 0 Å². The van der Waals surface area contributed by atoms with Crippen LogP contribution in [-0.4, -0.2) is 12.5 Å². The van der Waals surface area contributed by atoms with Crippen molar-refractivity contribution in [2.75, 3.05) is 6.54 Å². The summed E-state index contributed by atoms with van der Waals surface area (Å²) in [7, 11) is -0.697. The van der Waals surface area contributed by atoms with Crippen molar-refractivity contribution in [3.05, 3.63) is 236 Å². The van der Waals surface area contributed by atoms with E-state index in [0.717, 1.165) is 23.2 Å². The third kappa shape index (κ3) is 18.2. The fraction of sp³-hybridized carbons (Fsp3) is 0.152. The molecule has 4 heteroatoms. The topological polar surface area (TPSA) is 28.2 Å². The molecule has 0 radical (unpaired) electrons. The first-order chi connectivity index (χ1) is 23.7. The Morgan fingerprint density at radius 3 is 1.04 bits per heavy atom. The first-order valence-corrected chi connectivity index (χ1v) is 18.0. The van der Waals surface area contributed by atoms with Crippen LogP contribution in [-0.2, 0) is 32.4 Å². The van der Waals surface area contributed by atoms with Gasteiger partial charge >= 0.3 is 0 Å². The van der Waals surface area contributed by atoms with E-state index in [0.29, 0.717) is 6.54 Å². The summed E-state index contributed by atoms with van der Waals surface area (Å²) in [6, 6.07) is 61.6. The summed E-state index contributed by atoms with van der Waals surface area (Å²) in [5.74, 6) is -0.0563. The minimum Gasteiger partial charge on any atom is -0.673 e. The van der Waals surface area contributed by atoms with Crippen LogP contribution >= 0.6 is 7.92 Å². The van der Waals surface area contributed by atoms with Gasteiger partial charge in [-0.25, -0.2) is 5.91 Å². The maximum absolute atomic E-state index is 5.13. The fourth-order valence-corrected chi connectivity index (χ4v) is 6.68. The average molecular weight is 840 g/mol. The number of nitrogens with zero attached hydrogens (tertiary/aromatic N) is 2. The average Bonchev–Trinajstić information content (AvgIpc) is 3.12. The minimum absolute atomic E-state index is 0. The van der Waals surface area contributed by atoms with Crippen LogP contribution in [0.1, 0.15) is 43.0 Å². The Labute approximate surface area is 323 Å². The molecule has 1 atom stereocenters. The van der Waals surface area contributed by atoms with Crippen molar-refractivity contribution >= 4 is 18.5 Å². The monoisotopic (exact) mass is 841 g/mol. The summed E-state index contributed by atoms with van der Waals surface area (Å²) in [5, 5.41) is 12.9. The zero-order valence-corrected chi connectivity index (χ0v) is 34.3. The van der Waals surface area contributed by atoms with E-state index < -0.39 is 7.92 Å². The van der Waals surface area contributed by atoms with Crippen molar-refractivity contribution in [3.8, 4) is 0 Å². The molecule has 0 spiro atoms. The summed E-state index contributed by atoms with van der Waals surface area (Å²) >= 11 is 0. The van der Waals surface area contributed by atoms with Gasteiger partial charge in [0.1, 0.15) is 0 Å². The summed E-state index contributed by atoms with van der Waals surface area (Å²) in [6.45, 7) is 19.4. The van der Waals surface area contributed by atoms with Gasteiger partial charge in [0, 0.05) is 25.8 Å². The standard InChI is InChI=1S/C25H29N2P.3C7H7.Hf/c1-25(2,3)20-27-24(26-19-21-13-7-4-8-14-21)28(22-15-9-5-10-16-22)23-17-11-6-12-18-23;3*1-7-5-3-2-4-6-7;/h4-18,24H,19-20H2,1-3H3;3*2-6H,1H2;/q-2;3*-1;. The minimum atomic E-state index is -0.697. The largest absolute Gasteiger partial charge is 0.673 e. The van der Waals surface area contributed by atoms with Crippen LogP contribution in [0.3, 0.4) is 0 Å². The second-order valence-electron chi connectivity index (χ2n) is 12.6. The summed E-state index contributed by atoms with van der Waals surface area (Å²) in [6.07, 6.45) is 0. The predicted octanol–water partition coefficient (Wildman–Crippen LogP) is 12.0. The van der Waals surface area contributed by atoms with Gasteiger partial charge < -0.3 is 10.6 Å². The van der Waals surface area contributed by atoms with Crippen LogP contribution in [0, 0.1) is 26.2 Å². The van der Waals surface area contributed by atoms with E-state index in [9.17, 15) is 0 Å². The Hall–Kier alpha value is -3.85. The van der Waals surface area contributed by atoms with E-state index in [-0.39, 0.29) is 37.2 Å². The van der Waals surface area contributed by atoms with Crippen molar-refractivity contribution in [3.63, 3.8) is 0 Å². The molecule has 0 saturated carbocycles. The third-order valence-electron chi connectivity index (χ3n) is 6.84. The van der Waals surface area contributed by atoms with Gasteiger partial charge in [-0.05, 0) is 10.6 Å². The molecule has 0 bridgehead atoms. The Balaban J connectivity index is 0.000000315. The van der Waals surface area contributed by atoms with Crippen molar-refractivity contribution < 1.29 is 25.8 Å².